The summed E-state index contributed by atoms with van der Waals surface area (Å²) in [7, 11) is 1.43. The monoisotopic (exact) mass is 414 g/mol. The molecule has 1 amide bonds. The third-order valence-electron chi connectivity index (χ3n) is 4.94. The molecule has 2 rings (SSSR count). The molecule has 2 aromatic rings. The third kappa shape index (κ3) is 5.28. The van der Waals surface area contributed by atoms with Crippen LogP contribution in [0.1, 0.15) is 68.1 Å². The van der Waals surface area contributed by atoms with Crippen molar-refractivity contribution in [2.45, 2.75) is 46.6 Å². The maximum atomic E-state index is 13.1. The number of hydrogen-bond acceptors (Lipinski definition) is 5. The van der Waals surface area contributed by atoms with Gasteiger partial charge in [0.25, 0.3) is 11.6 Å². The van der Waals surface area contributed by atoms with Crippen molar-refractivity contribution in [1.29, 1.82) is 0 Å². The molecule has 30 heavy (non-hydrogen) atoms. The Morgan fingerprint density at radius 1 is 1.07 bits per heavy atom. The van der Waals surface area contributed by atoms with Crippen LogP contribution < -0.4 is 14.8 Å². The Kier molecular flexibility index (Phi) is 7.80. The molecule has 0 aromatic heterocycles. The zero-order chi connectivity index (χ0) is 22.4. The minimum atomic E-state index is -0.585. The van der Waals surface area contributed by atoms with Crippen molar-refractivity contribution in [2.75, 3.05) is 13.7 Å². The minimum Gasteiger partial charge on any atom is -0.493 e. The highest BCUT2D eigenvalue weighted by Gasteiger charge is 2.27. The number of nitrogens with one attached hydrogen (secondary N) is 1. The third-order valence-corrected chi connectivity index (χ3v) is 4.94. The fourth-order valence-electron chi connectivity index (χ4n) is 3.25. The van der Waals surface area contributed by atoms with Gasteiger partial charge in [-0.3, -0.25) is 14.9 Å². The van der Waals surface area contributed by atoms with E-state index in [2.05, 4.69) is 19.2 Å². The maximum Gasteiger partial charge on any atom is 0.286 e. The van der Waals surface area contributed by atoms with Gasteiger partial charge in [-0.05, 0) is 29.9 Å². The van der Waals surface area contributed by atoms with Gasteiger partial charge in [0.2, 0.25) is 0 Å². The number of nitro groups is 1. The molecule has 7 nitrogen and oxygen atoms in total. The summed E-state index contributed by atoms with van der Waals surface area (Å²) in [6.07, 6.45) is 0. The van der Waals surface area contributed by atoms with Crippen LogP contribution in [-0.4, -0.2) is 24.5 Å². The zero-order valence-electron chi connectivity index (χ0n) is 18.4. The summed E-state index contributed by atoms with van der Waals surface area (Å²) >= 11 is 0. The number of amides is 1. The number of rotatable bonds is 9. The number of methoxy groups -OCH3 is 1. The Balaban J connectivity index is 2.40. The van der Waals surface area contributed by atoms with E-state index in [1.54, 1.807) is 6.92 Å². The standard InChI is InChI=1S/C23H30N2O5/c1-7-30-21-13-19(25(27)28)18(12-20(21)29-6)23(26)24-22(15(4)5)17-10-8-16(9-11-17)14(2)3/h8-15,22H,7H2,1-6H3,(H,24,26). The van der Waals surface area contributed by atoms with Crippen LogP contribution in [0.15, 0.2) is 36.4 Å². The first kappa shape index (κ1) is 23.2. The lowest BCUT2D eigenvalue weighted by molar-refractivity contribution is -0.385. The Bertz CT molecular complexity index is 891. The first-order valence-corrected chi connectivity index (χ1v) is 10.1. The van der Waals surface area contributed by atoms with E-state index in [0.29, 0.717) is 12.5 Å². The highest BCUT2D eigenvalue weighted by atomic mass is 16.6. The predicted octanol–water partition coefficient (Wildman–Crippen LogP) is 5.25. The van der Waals surface area contributed by atoms with Gasteiger partial charge < -0.3 is 14.8 Å². The molecule has 1 unspecified atom stereocenters. The number of ether oxygens (including phenoxy) is 2. The lowest BCUT2D eigenvalue weighted by Gasteiger charge is -2.24. The average Bonchev–Trinajstić information content (AvgIpc) is 2.71. The second-order valence-electron chi connectivity index (χ2n) is 7.73. The largest absolute Gasteiger partial charge is 0.493 e. The van der Waals surface area contributed by atoms with E-state index in [1.807, 2.05) is 38.1 Å². The number of hydrogen-bond donors (Lipinski definition) is 1. The molecule has 0 aliphatic heterocycles. The van der Waals surface area contributed by atoms with Gasteiger partial charge in [-0.2, -0.15) is 0 Å². The van der Waals surface area contributed by atoms with E-state index in [0.717, 1.165) is 5.56 Å². The van der Waals surface area contributed by atoms with Crippen molar-refractivity contribution < 1.29 is 19.2 Å². The van der Waals surface area contributed by atoms with E-state index in [-0.39, 0.29) is 34.7 Å². The van der Waals surface area contributed by atoms with E-state index in [9.17, 15) is 14.9 Å². The molecule has 1 N–H and O–H groups in total. The Hall–Kier alpha value is -3.09. The van der Waals surface area contributed by atoms with Gasteiger partial charge in [0.05, 0.1) is 30.7 Å². The lowest BCUT2D eigenvalue weighted by atomic mass is 9.93. The molecule has 1 atom stereocenters. The smallest absolute Gasteiger partial charge is 0.286 e. The topological polar surface area (TPSA) is 90.7 Å². The molecule has 0 aliphatic carbocycles. The van der Waals surface area contributed by atoms with E-state index < -0.39 is 10.8 Å². The molecular weight excluding hydrogens is 384 g/mol. The summed E-state index contributed by atoms with van der Waals surface area (Å²) in [5.74, 6) is 0.463. The van der Waals surface area contributed by atoms with Crippen molar-refractivity contribution in [1.82, 2.24) is 5.32 Å². The summed E-state index contributed by atoms with van der Waals surface area (Å²) in [6, 6.07) is 10.4. The molecule has 0 heterocycles. The second kappa shape index (κ2) is 10.1. The number of nitrogens with zero attached hydrogens (tertiary/aromatic N) is 1. The SMILES string of the molecule is CCOc1cc([N+](=O)[O-])c(C(=O)NC(c2ccc(C(C)C)cc2)C(C)C)cc1OC. The second-order valence-corrected chi connectivity index (χ2v) is 7.73. The first-order valence-electron chi connectivity index (χ1n) is 10.1. The molecule has 0 radical (unpaired) electrons. The molecule has 0 fully saturated rings. The summed E-state index contributed by atoms with van der Waals surface area (Å²) in [6.45, 7) is 10.3. The number of carbonyl (C=O) groups excluding carboxylic acids is 1. The highest BCUT2D eigenvalue weighted by Crippen LogP contribution is 2.35. The van der Waals surface area contributed by atoms with E-state index in [4.69, 9.17) is 9.47 Å². The molecule has 0 bridgehead atoms. The van der Waals surface area contributed by atoms with E-state index >= 15 is 0 Å². The van der Waals surface area contributed by atoms with Crippen molar-refractivity contribution in [3.05, 3.63) is 63.2 Å². The van der Waals surface area contributed by atoms with Gasteiger partial charge in [-0.1, -0.05) is 52.0 Å². The Labute approximate surface area is 177 Å². The number of benzene rings is 2. The van der Waals surface area contributed by atoms with Gasteiger partial charge in [-0.25, -0.2) is 0 Å². The minimum absolute atomic E-state index is 0.0650. The average molecular weight is 415 g/mol. The van der Waals surface area contributed by atoms with Gasteiger partial charge >= 0.3 is 0 Å². The number of nitro benzene ring substituents is 1. The highest BCUT2D eigenvalue weighted by molar-refractivity contribution is 5.99. The van der Waals surface area contributed by atoms with Crippen LogP contribution >= 0.6 is 0 Å². The van der Waals surface area contributed by atoms with Crippen molar-refractivity contribution >= 4 is 11.6 Å². The molecule has 2 aromatic carbocycles. The Morgan fingerprint density at radius 2 is 1.67 bits per heavy atom. The van der Waals surface area contributed by atoms with Crippen molar-refractivity contribution in [3.63, 3.8) is 0 Å². The molecule has 0 saturated carbocycles. The molecule has 162 valence electrons. The predicted molar refractivity (Wildman–Crippen MR) is 116 cm³/mol. The normalized spacial score (nSPS) is 12.0. The van der Waals surface area contributed by atoms with Crippen molar-refractivity contribution in [3.8, 4) is 11.5 Å². The van der Waals surface area contributed by atoms with Gasteiger partial charge in [0.1, 0.15) is 5.56 Å². The quantitative estimate of drug-likeness (QED) is 0.447. The van der Waals surface area contributed by atoms with Gasteiger partial charge in [0, 0.05) is 6.07 Å². The fourth-order valence-corrected chi connectivity index (χ4v) is 3.25. The summed E-state index contributed by atoms with van der Waals surface area (Å²) in [5, 5.41) is 14.6. The summed E-state index contributed by atoms with van der Waals surface area (Å²) in [5.41, 5.74) is 1.77. The molecule has 0 spiro atoms. The summed E-state index contributed by atoms with van der Waals surface area (Å²) < 4.78 is 10.7. The fraction of sp³-hybridized carbons (Fsp3) is 0.435. The van der Waals surface area contributed by atoms with Crippen LogP contribution in [0.2, 0.25) is 0 Å². The van der Waals surface area contributed by atoms with Gasteiger partial charge in [-0.15, -0.1) is 0 Å². The molecule has 0 saturated heterocycles. The van der Waals surface area contributed by atoms with Crippen LogP contribution in [0, 0.1) is 16.0 Å². The van der Waals surface area contributed by atoms with Gasteiger partial charge in [0.15, 0.2) is 11.5 Å². The molecule has 7 heteroatoms. The van der Waals surface area contributed by atoms with Crippen LogP contribution in [0.4, 0.5) is 5.69 Å². The first-order chi connectivity index (χ1) is 14.2. The number of carbonyl (C=O) groups is 1. The lowest BCUT2D eigenvalue weighted by Crippen LogP contribution is -2.32. The van der Waals surface area contributed by atoms with Crippen molar-refractivity contribution in [2.24, 2.45) is 5.92 Å². The molecular formula is C23H30N2O5. The van der Waals surface area contributed by atoms with Crippen LogP contribution in [0.5, 0.6) is 11.5 Å². The zero-order valence-corrected chi connectivity index (χ0v) is 18.4. The Morgan fingerprint density at radius 3 is 2.13 bits per heavy atom. The van der Waals surface area contributed by atoms with Crippen LogP contribution in [0.25, 0.3) is 0 Å². The maximum absolute atomic E-state index is 13.1. The summed E-state index contributed by atoms with van der Waals surface area (Å²) in [4.78, 5) is 24.1. The van der Waals surface area contributed by atoms with Crippen LogP contribution in [0.3, 0.4) is 0 Å². The van der Waals surface area contributed by atoms with Crippen LogP contribution in [-0.2, 0) is 0 Å². The molecule has 0 aliphatic rings. The van der Waals surface area contributed by atoms with E-state index in [1.165, 1.54) is 24.8 Å².